The summed E-state index contributed by atoms with van der Waals surface area (Å²) in [5, 5.41) is 10.6. The molecule has 0 radical (unpaired) electrons. The van der Waals surface area contributed by atoms with E-state index in [1.807, 2.05) is 0 Å². The van der Waals surface area contributed by atoms with Crippen molar-refractivity contribution in [2.45, 2.75) is 381 Å². The molecule has 0 amide bonds. The van der Waals surface area contributed by atoms with Gasteiger partial charge in [-0.05, 0) is 37.5 Å². The van der Waals surface area contributed by atoms with Crippen molar-refractivity contribution in [2.24, 2.45) is 11.8 Å². The van der Waals surface area contributed by atoms with E-state index in [0.717, 1.165) is 115 Å². The topological polar surface area (TPSA) is 237 Å². The van der Waals surface area contributed by atoms with Crippen molar-refractivity contribution >= 4 is 39.5 Å². The molecular weight excluding hydrogens is 1190 g/mol. The van der Waals surface area contributed by atoms with Crippen molar-refractivity contribution in [3.8, 4) is 0 Å². The molecule has 90 heavy (non-hydrogen) atoms. The summed E-state index contributed by atoms with van der Waals surface area (Å²) in [7, 11) is -9.90. The zero-order chi connectivity index (χ0) is 66.5. The number of carbonyl (C=O) groups is 4. The van der Waals surface area contributed by atoms with Gasteiger partial charge in [0.05, 0.1) is 26.4 Å². The first-order chi connectivity index (χ1) is 43.4. The van der Waals surface area contributed by atoms with Gasteiger partial charge < -0.3 is 33.8 Å². The number of carbonyl (C=O) groups excluding carboxylic acids is 4. The van der Waals surface area contributed by atoms with E-state index in [-0.39, 0.29) is 25.7 Å². The standard InChI is InChI=1S/C71H138O17P2/c1-7-10-12-14-16-17-18-19-20-21-22-23-24-25-26-27-32-36-43-49-55-70(75)87-66(60-82-69(74)54-48-42-35-31-29-28-30-34-39-45-51-63(4)5)61-85-89(77,78)83-57-65(72)58-84-90(79,80)86-62-67(59-81-68(73)53-47-41-33-15-13-11-8-2)88-71(76)56-50-44-38-37-40-46-52-64(6)9-3/h63-67,72H,7-62H2,1-6H3,(H,77,78)(H,79,80)/t64?,65-,66-,67-/m1/s1. The number of esters is 4. The quantitative estimate of drug-likeness (QED) is 0.0222. The van der Waals surface area contributed by atoms with Gasteiger partial charge in [0, 0.05) is 25.7 Å². The summed E-state index contributed by atoms with van der Waals surface area (Å²) in [5.74, 6) is -0.652. The fourth-order valence-corrected chi connectivity index (χ4v) is 12.3. The second-order valence-electron chi connectivity index (χ2n) is 26.3. The van der Waals surface area contributed by atoms with Gasteiger partial charge in [0.2, 0.25) is 0 Å². The van der Waals surface area contributed by atoms with Crippen LogP contribution in [0.3, 0.4) is 0 Å². The Labute approximate surface area is 549 Å². The van der Waals surface area contributed by atoms with Crippen LogP contribution in [0.1, 0.15) is 363 Å². The van der Waals surface area contributed by atoms with E-state index in [1.165, 1.54) is 167 Å². The molecule has 0 rings (SSSR count). The molecule has 534 valence electrons. The van der Waals surface area contributed by atoms with Crippen molar-refractivity contribution < 1.29 is 80.2 Å². The van der Waals surface area contributed by atoms with Gasteiger partial charge >= 0.3 is 39.5 Å². The Morgan fingerprint density at radius 2 is 0.567 bits per heavy atom. The van der Waals surface area contributed by atoms with Crippen molar-refractivity contribution in [1.82, 2.24) is 0 Å². The summed E-state index contributed by atoms with van der Waals surface area (Å²) < 4.78 is 68.2. The van der Waals surface area contributed by atoms with Crippen LogP contribution in [0.2, 0.25) is 0 Å². The van der Waals surface area contributed by atoms with Crippen LogP contribution in [0.4, 0.5) is 0 Å². The second-order valence-corrected chi connectivity index (χ2v) is 29.3. The van der Waals surface area contributed by atoms with Gasteiger partial charge in [-0.1, -0.05) is 311 Å². The number of aliphatic hydroxyl groups is 1. The number of hydrogen-bond donors (Lipinski definition) is 3. The minimum absolute atomic E-state index is 0.103. The minimum atomic E-state index is -4.95. The third-order valence-electron chi connectivity index (χ3n) is 16.8. The lowest BCUT2D eigenvalue weighted by atomic mass is 10.00. The molecule has 17 nitrogen and oxygen atoms in total. The van der Waals surface area contributed by atoms with Crippen LogP contribution in [-0.4, -0.2) is 96.7 Å². The third kappa shape index (κ3) is 63.5. The maximum Gasteiger partial charge on any atom is 0.472 e. The fourth-order valence-electron chi connectivity index (χ4n) is 10.7. The smallest absolute Gasteiger partial charge is 0.462 e. The second kappa shape index (κ2) is 63.1. The van der Waals surface area contributed by atoms with Gasteiger partial charge in [0.1, 0.15) is 19.3 Å². The molecule has 19 heteroatoms. The largest absolute Gasteiger partial charge is 0.472 e. The molecule has 3 N–H and O–H groups in total. The van der Waals surface area contributed by atoms with Crippen molar-refractivity contribution in [2.75, 3.05) is 39.6 Å². The number of unbranched alkanes of at least 4 members (excludes halogenated alkanes) is 39. The van der Waals surface area contributed by atoms with Crippen LogP contribution in [0.15, 0.2) is 0 Å². The summed E-state index contributed by atoms with van der Waals surface area (Å²) in [6.07, 6.45) is 48.9. The highest BCUT2D eigenvalue weighted by molar-refractivity contribution is 7.47. The molecule has 0 saturated carbocycles. The Balaban J connectivity index is 5.17. The Morgan fingerprint density at radius 1 is 0.322 bits per heavy atom. The SMILES string of the molecule is CCCCCCCCCCCCCCCCCCCCCCC(=O)O[C@H](COC(=O)CCCCCCCCCCCCC(C)C)COP(=O)(O)OC[C@@H](O)COP(=O)(O)OC[C@@H](COC(=O)CCCCCCCCC)OC(=O)CCCCCCCCC(C)CC. The summed E-state index contributed by atoms with van der Waals surface area (Å²) in [4.78, 5) is 72.4. The lowest BCUT2D eigenvalue weighted by Crippen LogP contribution is -2.30. The fraction of sp³-hybridized carbons (Fsp3) is 0.944. The Kier molecular flexibility index (Phi) is 61.8. The van der Waals surface area contributed by atoms with E-state index in [2.05, 4.69) is 41.5 Å². The molecule has 0 aliphatic heterocycles. The molecular formula is C71H138O17P2. The molecule has 3 unspecified atom stereocenters. The third-order valence-corrected chi connectivity index (χ3v) is 18.7. The van der Waals surface area contributed by atoms with Crippen molar-refractivity contribution in [3.05, 3.63) is 0 Å². The van der Waals surface area contributed by atoms with Crippen LogP contribution in [0.5, 0.6) is 0 Å². The first-order valence-corrected chi connectivity index (χ1v) is 40.0. The van der Waals surface area contributed by atoms with E-state index in [1.54, 1.807) is 0 Å². The lowest BCUT2D eigenvalue weighted by Gasteiger charge is -2.21. The highest BCUT2D eigenvalue weighted by Crippen LogP contribution is 2.45. The minimum Gasteiger partial charge on any atom is -0.462 e. The van der Waals surface area contributed by atoms with Crippen LogP contribution >= 0.6 is 15.6 Å². The first kappa shape index (κ1) is 88.1. The van der Waals surface area contributed by atoms with E-state index in [0.29, 0.717) is 25.7 Å². The summed E-state index contributed by atoms with van der Waals surface area (Å²) in [5.41, 5.74) is 0. The van der Waals surface area contributed by atoms with Crippen LogP contribution in [0, 0.1) is 11.8 Å². The van der Waals surface area contributed by atoms with Crippen molar-refractivity contribution in [3.63, 3.8) is 0 Å². The van der Waals surface area contributed by atoms with Crippen LogP contribution in [0.25, 0.3) is 0 Å². The van der Waals surface area contributed by atoms with Crippen LogP contribution in [-0.2, 0) is 65.4 Å². The van der Waals surface area contributed by atoms with E-state index in [4.69, 9.17) is 37.0 Å². The molecule has 0 aliphatic carbocycles. The molecule has 0 aliphatic rings. The average molecular weight is 1330 g/mol. The molecule has 0 heterocycles. The molecule has 0 aromatic rings. The molecule has 0 aromatic carbocycles. The number of rotatable bonds is 70. The lowest BCUT2D eigenvalue weighted by molar-refractivity contribution is -0.161. The zero-order valence-corrected chi connectivity index (χ0v) is 60.2. The first-order valence-electron chi connectivity index (χ1n) is 37.0. The number of phosphoric acid groups is 2. The van der Waals surface area contributed by atoms with Gasteiger partial charge in [-0.3, -0.25) is 37.3 Å². The Bertz CT molecular complexity index is 1750. The molecule has 0 bridgehead atoms. The highest BCUT2D eigenvalue weighted by atomic mass is 31.2. The molecule has 0 saturated heterocycles. The predicted molar refractivity (Wildman–Crippen MR) is 363 cm³/mol. The molecule has 0 fully saturated rings. The monoisotopic (exact) mass is 1320 g/mol. The number of hydrogen-bond acceptors (Lipinski definition) is 15. The van der Waals surface area contributed by atoms with Gasteiger partial charge in [-0.15, -0.1) is 0 Å². The van der Waals surface area contributed by atoms with E-state index < -0.39 is 97.5 Å². The predicted octanol–water partition coefficient (Wildman–Crippen LogP) is 20.4. The maximum atomic E-state index is 13.0. The average Bonchev–Trinajstić information content (AvgIpc) is 3.47. The zero-order valence-electron chi connectivity index (χ0n) is 58.4. The number of phosphoric ester groups is 2. The Hall–Kier alpha value is -1.94. The van der Waals surface area contributed by atoms with Crippen molar-refractivity contribution in [1.29, 1.82) is 0 Å². The number of aliphatic hydroxyl groups excluding tert-OH is 1. The van der Waals surface area contributed by atoms with Gasteiger partial charge in [0.15, 0.2) is 12.2 Å². The molecule has 0 aromatic heterocycles. The molecule has 6 atom stereocenters. The van der Waals surface area contributed by atoms with E-state index >= 15 is 0 Å². The van der Waals surface area contributed by atoms with Gasteiger partial charge in [-0.25, -0.2) is 9.13 Å². The van der Waals surface area contributed by atoms with Crippen LogP contribution < -0.4 is 0 Å². The Morgan fingerprint density at radius 3 is 0.844 bits per heavy atom. The van der Waals surface area contributed by atoms with Gasteiger partial charge in [0.25, 0.3) is 0 Å². The molecule has 0 spiro atoms. The van der Waals surface area contributed by atoms with Gasteiger partial charge in [-0.2, -0.15) is 0 Å². The normalized spacial score (nSPS) is 14.4. The summed E-state index contributed by atoms with van der Waals surface area (Å²) in [6.45, 7) is 9.45. The summed E-state index contributed by atoms with van der Waals surface area (Å²) >= 11 is 0. The number of ether oxygens (including phenoxy) is 4. The summed E-state index contributed by atoms with van der Waals surface area (Å²) in [6, 6.07) is 0. The van der Waals surface area contributed by atoms with E-state index in [9.17, 15) is 43.2 Å². The maximum absolute atomic E-state index is 13.0. The highest BCUT2D eigenvalue weighted by Gasteiger charge is 2.30.